The summed E-state index contributed by atoms with van der Waals surface area (Å²) in [4.78, 5) is 23.8. The average Bonchev–Trinajstić information content (AvgIpc) is 3.29. The molecule has 1 saturated carbocycles. The Morgan fingerprint density at radius 3 is 3.04 bits per heavy atom. The first-order valence-corrected chi connectivity index (χ1v) is 8.38. The Bertz CT molecular complexity index is 785. The molecule has 0 atom stereocenters. The van der Waals surface area contributed by atoms with E-state index in [2.05, 4.69) is 15.5 Å². The Kier molecular flexibility index (Phi) is 4.63. The number of benzene rings is 1. The second-order valence-corrected chi connectivity index (χ2v) is 6.47. The van der Waals surface area contributed by atoms with Crippen LogP contribution in [-0.4, -0.2) is 33.5 Å². The van der Waals surface area contributed by atoms with E-state index in [0.29, 0.717) is 21.6 Å². The molecule has 0 radical (unpaired) electrons. The van der Waals surface area contributed by atoms with E-state index in [1.54, 1.807) is 22.8 Å². The molecule has 1 heterocycles. The molecule has 3 rings (SSSR count). The van der Waals surface area contributed by atoms with Crippen LogP contribution in [0.5, 0.6) is 5.75 Å². The molecule has 122 valence electrons. The number of carbonyl (C=O) groups excluding carboxylic acids is 1. The van der Waals surface area contributed by atoms with Gasteiger partial charge in [-0.3, -0.25) is 9.36 Å². The van der Waals surface area contributed by atoms with Gasteiger partial charge in [0.15, 0.2) is 5.16 Å². The Morgan fingerprint density at radius 2 is 2.35 bits per heavy atom. The standard InChI is InChI=1S/C14H15ClN4O3S/c1-22-11-5-2-8(15)6-10(11)16-12(20)7-23-14-18-17-13(21)19(14)9-3-4-9/h2,5-6,9H,3-4,7H2,1H3,(H,16,20)(H,17,21). The van der Waals surface area contributed by atoms with E-state index in [-0.39, 0.29) is 23.4 Å². The maximum absolute atomic E-state index is 12.1. The number of carbonyl (C=O) groups is 1. The number of ether oxygens (including phenoxy) is 1. The van der Waals surface area contributed by atoms with E-state index < -0.39 is 0 Å². The molecule has 2 N–H and O–H groups in total. The molecule has 23 heavy (non-hydrogen) atoms. The van der Waals surface area contributed by atoms with Gasteiger partial charge in [-0.25, -0.2) is 9.89 Å². The summed E-state index contributed by atoms with van der Waals surface area (Å²) in [5, 5.41) is 10.2. The number of rotatable bonds is 6. The molecular formula is C14H15ClN4O3S. The van der Waals surface area contributed by atoms with Crippen LogP contribution >= 0.6 is 23.4 Å². The van der Waals surface area contributed by atoms with Crippen molar-refractivity contribution in [2.45, 2.75) is 24.0 Å². The number of halogens is 1. The topological polar surface area (TPSA) is 89.0 Å². The number of hydrogen-bond acceptors (Lipinski definition) is 5. The van der Waals surface area contributed by atoms with Crippen molar-refractivity contribution in [2.75, 3.05) is 18.2 Å². The van der Waals surface area contributed by atoms with Crippen LogP contribution in [0.15, 0.2) is 28.2 Å². The Hall–Kier alpha value is -1.93. The van der Waals surface area contributed by atoms with Crippen molar-refractivity contribution in [3.8, 4) is 5.75 Å². The average molecular weight is 355 g/mol. The Labute approximate surface area is 141 Å². The minimum atomic E-state index is -0.230. The van der Waals surface area contributed by atoms with Gasteiger partial charge < -0.3 is 10.1 Å². The summed E-state index contributed by atoms with van der Waals surface area (Å²) in [5.41, 5.74) is 0.277. The number of nitrogens with one attached hydrogen (secondary N) is 2. The van der Waals surface area contributed by atoms with Gasteiger partial charge in [0.05, 0.1) is 18.6 Å². The third kappa shape index (κ3) is 3.70. The van der Waals surface area contributed by atoms with Gasteiger partial charge in [-0.2, -0.15) is 0 Å². The molecule has 7 nitrogen and oxygen atoms in total. The van der Waals surface area contributed by atoms with Crippen LogP contribution < -0.4 is 15.7 Å². The van der Waals surface area contributed by atoms with E-state index in [4.69, 9.17) is 16.3 Å². The first kappa shape index (κ1) is 15.9. The lowest BCUT2D eigenvalue weighted by Gasteiger charge is -2.10. The molecule has 2 aromatic rings. The summed E-state index contributed by atoms with van der Waals surface area (Å²) in [7, 11) is 1.52. The van der Waals surface area contributed by atoms with Crippen LogP contribution in [0.4, 0.5) is 5.69 Å². The summed E-state index contributed by atoms with van der Waals surface area (Å²) in [6.45, 7) is 0. The highest BCUT2D eigenvalue weighted by Crippen LogP contribution is 2.36. The van der Waals surface area contributed by atoms with Gasteiger partial charge in [0, 0.05) is 11.1 Å². The van der Waals surface area contributed by atoms with Crippen molar-refractivity contribution in [3.05, 3.63) is 33.7 Å². The number of aromatic amines is 1. The minimum Gasteiger partial charge on any atom is -0.495 e. The molecule has 0 spiro atoms. The lowest BCUT2D eigenvalue weighted by molar-refractivity contribution is -0.113. The predicted molar refractivity (Wildman–Crippen MR) is 88.5 cm³/mol. The fourth-order valence-corrected chi connectivity index (χ4v) is 3.13. The lowest BCUT2D eigenvalue weighted by atomic mass is 10.3. The van der Waals surface area contributed by atoms with Crippen molar-refractivity contribution in [1.29, 1.82) is 0 Å². The number of amides is 1. The maximum Gasteiger partial charge on any atom is 0.344 e. The largest absolute Gasteiger partial charge is 0.495 e. The zero-order chi connectivity index (χ0) is 16.4. The van der Waals surface area contributed by atoms with Crippen LogP contribution in [0.3, 0.4) is 0 Å². The van der Waals surface area contributed by atoms with Gasteiger partial charge in [0.2, 0.25) is 5.91 Å². The number of aromatic nitrogens is 3. The van der Waals surface area contributed by atoms with Crippen molar-refractivity contribution < 1.29 is 9.53 Å². The van der Waals surface area contributed by atoms with Crippen molar-refractivity contribution >= 4 is 35.0 Å². The smallest absolute Gasteiger partial charge is 0.344 e. The number of H-pyrrole nitrogens is 1. The summed E-state index contributed by atoms with van der Waals surface area (Å²) >= 11 is 7.15. The minimum absolute atomic E-state index is 0.132. The van der Waals surface area contributed by atoms with E-state index in [9.17, 15) is 9.59 Å². The first-order valence-electron chi connectivity index (χ1n) is 7.01. The quantitative estimate of drug-likeness (QED) is 0.777. The van der Waals surface area contributed by atoms with Gasteiger partial charge in [-0.15, -0.1) is 5.10 Å². The second-order valence-electron chi connectivity index (χ2n) is 5.09. The normalized spacial score (nSPS) is 13.8. The molecule has 1 fully saturated rings. The van der Waals surface area contributed by atoms with Gasteiger partial charge in [-0.1, -0.05) is 23.4 Å². The van der Waals surface area contributed by atoms with E-state index in [0.717, 1.165) is 12.8 Å². The lowest BCUT2D eigenvalue weighted by Crippen LogP contribution is -2.18. The highest BCUT2D eigenvalue weighted by atomic mass is 35.5. The molecule has 1 amide bonds. The van der Waals surface area contributed by atoms with E-state index >= 15 is 0 Å². The molecule has 1 aromatic heterocycles. The zero-order valence-electron chi connectivity index (χ0n) is 12.3. The molecule has 0 unspecified atom stereocenters. The van der Waals surface area contributed by atoms with Crippen LogP contribution in [0.25, 0.3) is 0 Å². The highest BCUT2D eigenvalue weighted by Gasteiger charge is 2.28. The molecule has 0 aliphatic heterocycles. The third-order valence-electron chi connectivity index (χ3n) is 3.35. The first-order chi connectivity index (χ1) is 11.1. The fourth-order valence-electron chi connectivity index (χ4n) is 2.14. The predicted octanol–water partition coefficient (Wildman–Crippen LogP) is 2.30. The van der Waals surface area contributed by atoms with Crippen molar-refractivity contribution in [3.63, 3.8) is 0 Å². The molecule has 9 heteroatoms. The van der Waals surface area contributed by atoms with E-state index in [1.807, 2.05) is 0 Å². The van der Waals surface area contributed by atoms with E-state index in [1.165, 1.54) is 18.9 Å². The SMILES string of the molecule is COc1ccc(Cl)cc1NC(=O)CSc1n[nH]c(=O)n1C1CC1. The number of nitrogens with zero attached hydrogens (tertiary/aromatic N) is 2. The molecule has 0 bridgehead atoms. The summed E-state index contributed by atoms with van der Waals surface area (Å²) in [6, 6.07) is 5.20. The van der Waals surface area contributed by atoms with Gasteiger partial charge in [0.25, 0.3) is 0 Å². The van der Waals surface area contributed by atoms with Crippen LogP contribution in [0.2, 0.25) is 5.02 Å². The third-order valence-corrected chi connectivity index (χ3v) is 4.54. The summed E-state index contributed by atoms with van der Waals surface area (Å²) < 4.78 is 6.79. The van der Waals surface area contributed by atoms with Gasteiger partial charge in [0.1, 0.15) is 5.75 Å². The monoisotopic (exact) mass is 354 g/mol. The summed E-state index contributed by atoms with van der Waals surface area (Å²) in [6.07, 6.45) is 1.94. The van der Waals surface area contributed by atoms with Crippen LogP contribution in [0.1, 0.15) is 18.9 Å². The number of hydrogen-bond donors (Lipinski definition) is 2. The summed E-state index contributed by atoms with van der Waals surface area (Å²) in [5.74, 6) is 0.433. The van der Waals surface area contributed by atoms with Crippen molar-refractivity contribution in [2.24, 2.45) is 0 Å². The number of methoxy groups -OCH3 is 1. The highest BCUT2D eigenvalue weighted by molar-refractivity contribution is 7.99. The van der Waals surface area contributed by atoms with Crippen LogP contribution in [-0.2, 0) is 4.79 Å². The number of anilines is 1. The molecule has 1 aliphatic carbocycles. The molecule has 1 aliphatic rings. The fraction of sp³-hybridized carbons (Fsp3) is 0.357. The molecular weight excluding hydrogens is 340 g/mol. The van der Waals surface area contributed by atoms with Crippen LogP contribution in [0, 0.1) is 0 Å². The Morgan fingerprint density at radius 1 is 1.57 bits per heavy atom. The number of thioether (sulfide) groups is 1. The molecule has 1 aromatic carbocycles. The second kappa shape index (κ2) is 6.67. The van der Waals surface area contributed by atoms with Gasteiger partial charge in [-0.05, 0) is 31.0 Å². The zero-order valence-corrected chi connectivity index (χ0v) is 13.9. The molecule has 0 saturated heterocycles. The maximum atomic E-state index is 12.1. The van der Waals surface area contributed by atoms with Crippen molar-refractivity contribution in [1.82, 2.24) is 14.8 Å². The Balaban J connectivity index is 1.64. The van der Waals surface area contributed by atoms with Gasteiger partial charge >= 0.3 is 5.69 Å².